The summed E-state index contributed by atoms with van der Waals surface area (Å²) in [4.78, 5) is 16.5. The zero-order valence-corrected chi connectivity index (χ0v) is 7.89. The molecule has 8 heteroatoms. The summed E-state index contributed by atoms with van der Waals surface area (Å²) in [6.45, 7) is -0.378. The highest BCUT2D eigenvalue weighted by molar-refractivity contribution is 7.46. The first-order valence-electron chi connectivity index (χ1n) is 3.40. The lowest BCUT2D eigenvalue weighted by atomic mass is 10.3. The standard InChI is InChI=1S/C5H13O7P/c1-5(8,3-6)4(7)2-12-13(9,10)11/h4,6-8H,2-3H2,1H3,(H2,9,10,11)/t4-,5+/m1/s1/i2+1,3+1,4+1. The predicted molar refractivity (Wildman–Crippen MR) is 41.7 cm³/mol. The molecule has 0 amide bonds. The van der Waals surface area contributed by atoms with E-state index in [9.17, 15) is 4.57 Å². The maximum Gasteiger partial charge on any atom is 0.469 e. The molecule has 0 aliphatic rings. The lowest BCUT2D eigenvalue weighted by Crippen LogP contribution is -2.45. The molecule has 13 heavy (non-hydrogen) atoms. The normalized spacial score (nSPS) is 19.5. The fourth-order valence-corrected chi connectivity index (χ4v) is 0.788. The molecule has 2 atom stereocenters. The average molecular weight is 219 g/mol. The topological polar surface area (TPSA) is 127 Å². The summed E-state index contributed by atoms with van der Waals surface area (Å²) in [5.41, 5.74) is -1.84. The van der Waals surface area contributed by atoms with Crippen LogP contribution in [0.1, 0.15) is 6.92 Å². The summed E-state index contributed by atoms with van der Waals surface area (Å²) in [7, 11) is -4.65. The zero-order valence-electron chi connectivity index (χ0n) is 6.99. The smallest absolute Gasteiger partial charge is 0.393 e. The number of phosphoric acid groups is 1. The van der Waals surface area contributed by atoms with Crippen LogP contribution in [0.4, 0.5) is 0 Å². The summed E-state index contributed by atoms with van der Waals surface area (Å²) < 4.78 is 14.1. The second kappa shape index (κ2) is 4.47. The summed E-state index contributed by atoms with van der Waals surface area (Å²) in [6, 6.07) is 0. The number of hydrogen-bond donors (Lipinski definition) is 5. The first-order valence-corrected chi connectivity index (χ1v) is 4.93. The predicted octanol–water partition coefficient (Wildman–Crippen LogP) is -1.80. The van der Waals surface area contributed by atoms with Gasteiger partial charge in [-0.1, -0.05) is 0 Å². The highest BCUT2D eigenvalue weighted by Crippen LogP contribution is 2.36. The van der Waals surface area contributed by atoms with Gasteiger partial charge in [0.15, 0.2) is 0 Å². The van der Waals surface area contributed by atoms with Gasteiger partial charge in [0.2, 0.25) is 0 Å². The fraction of sp³-hybridized carbons (Fsp3) is 1.00. The Labute approximate surface area is 74.8 Å². The van der Waals surface area contributed by atoms with Crippen LogP contribution in [0.2, 0.25) is 0 Å². The van der Waals surface area contributed by atoms with Gasteiger partial charge in [0, 0.05) is 0 Å². The molecular weight excluding hydrogens is 206 g/mol. The monoisotopic (exact) mass is 219 g/mol. The van der Waals surface area contributed by atoms with E-state index >= 15 is 0 Å². The molecule has 0 saturated heterocycles. The number of aliphatic hydroxyl groups excluding tert-OH is 2. The Morgan fingerprint density at radius 2 is 2.00 bits per heavy atom. The maximum atomic E-state index is 10.2. The zero-order chi connectivity index (χ0) is 10.7. The van der Waals surface area contributed by atoms with Crippen molar-refractivity contribution in [1.29, 1.82) is 0 Å². The minimum absolute atomic E-state index is 0.737. The van der Waals surface area contributed by atoms with Crippen molar-refractivity contribution in [3.63, 3.8) is 0 Å². The molecule has 0 aromatic carbocycles. The van der Waals surface area contributed by atoms with E-state index in [1.54, 1.807) is 0 Å². The third kappa shape index (κ3) is 5.33. The van der Waals surface area contributed by atoms with Gasteiger partial charge in [-0.15, -0.1) is 0 Å². The number of aliphatic hydroxyl groups is 3. The van der Waals surface area contributed by atoms with Crippen LogP contribution in [0, 0.1) is 0 Å². The summed E-state index contributed by atoms with van der Waals surface area (Å²) in [5, 5.41) is 26.8. The lowest BCUT2D eigenvalue weighted by molar-refractivity contribution is -0.107. The van der Waals surface area contributed by atoms with Crippen LogP contribution in [0.5, 0.6) is 0 Å². The molecule has 0 aliphatic heterocycles. The number of rotatable bonds is 5. The van der Waals surface area contributed by atoms with Gasteiger partial charge in [-0.2, -0.15) is 0 Å². The van der Waals surface area contributed by atoms with Gasteiger partial charge < -0.3 is 25.1 Å². The van der Waals surface area contributed by atoms with Crippen LogP contribution in [-0.4, -0.2) is 50.0 Å². The SMILES string of the molecule is C[C@](O)([13CH2]O)[13C@H](O)[13CH2]OP(=O)(O)O. The molecule has 0 aromatic rings. The molecule has 0 bridgehead atoms. The van der Waals surface area contributed by atoms with Gasteiger partial charge >= 0.3 is 7.82 Å². The van der Waals surface area contributed by atoms with Gasteiger partial charge in [0.05, 0.1) is 13.2 Å². The highest BCUT2D eigenvalue weighted by Gasteiger charge is 2.31. The lowest BCUT2D eigenvalue weighted by Gasteiger charge is -2.26. The summed E-state index contributed by atoms with van der Waals surface area (Å²) in [6.07, 6.45) is -1.56. The Kier molecular flexibility index (Phi) is 4.47. The molecule has 0 spiro atoms. The van der Waals surface area contributed by atoms with E-state index in [-0.39, 0.29) is 0 Å². The Bertz CT molecular complexity index is 197. The quantitative estimate of drug-likeness (QED) is 0.272. The summed E-state index contributed by atoms with van der Waals surface area (Å²) >= 11 is 0. The van der Waals surface area contributed by atoms with Gasteiger partial charge in [0.25, 0.3) is 0 Å². The first kappa shape index (κ1) is 13.0. The van der Waals surface area contributed by atoms with Crippen LogP contribution < -0.4 is 0 Å². The molecule has 0 rings (SSSR count). The van der Waals surface area contributed by atoms with E-state index < -0.39 is 32.7 Å². The van der Waals surface area contributed by atoms with Crippen molar-refractivity contribution in [3.05, 3.63) is 0 Å². The van der Waals surface area contributed by atoms with E-state index in [0.717, 1.165) is 6.92 Å². The van der Waals surface area contributed by atoms with E-state index in [4.69, 9.17) is 25.1 Å². The highest BCUT2D eigenvalue weighted by atomic mass is 31.2. The molecular formula is C5H13O7P. The molecule has 0 unspecified atom stereocenters. The van der Waals surface area contributed by atoms with Gasteiger partial charge in [-0.3, -0.25) is 4.52 Å². The van der Waals surface area contributed by atoms with Crippen LogP contribution >= 0.6 is 7.82 Å². The average Bonchev–Trinajstić information content (AvgIpc) is 1.98. The van der Waals surface area contributed by atoms with Gasteiger partial charge in [-0.05, 0) is 6.92 Å². The third-order valence-corrected chi connectivity index (χ3v) is 1.92. The van der Waals surface area contributed by atoms with Crippen LogP contribution in [-0.2, 0) is 9.09 Å². The molecule has 0 saturated carbocycles. The molecule has 80 valence electrons. The van der Waals surface area contributed by atoms with E-state index in [1.807, 2.05) is 0 Å². The van der Waals surface area contributed by atoms with Crippen molar-refractivity contribution >= 4 is 7.82 Å². The van der Waals surface area contributed by atoms with Crippen molar-refractivity contribution in [3.8, 4) is 0 Å². The van der Waals surface area contributed by atoms with Crippen molar-refractivity contribution in [1.82, 2.24) is 0 Å². The maximum absolute atomic E-state index is 10.2. The van der Waals surface area contributed by atoms with Gasteiger partial charge in [-0.25, -0.2) is 4.57 Å². The Morgan fingerprint density at radius 1 is 1.54 bits per heavy atom. The Balaban J connectivity index is 4.02. The van der Waals surface area contributed by atoms with Crippen LogP contribution in [0.25, 0.3) is 0 Å². The Morgan fingerprint density at radius 3 is 2.31 bits per heavy atom. The van der Waals surface area contributed by atoms with Crippen molar-refractivity contribution < 1.29 is 34.2 Å². The molecule has 0 heterocycles. The second-order valence-corrected chi connectivity index (χ2v) is 4.06. The molecule has 0 radical (unpaired) electrons. The molecule has 0 aromatic heterocycles. The molecule has 5 N–H and O–H groups in total. The van der Waals surface area contributed by atoms with Crippen molar-refractivity contribution in [2.75, 3.05) is 13.2 Å². The largest absolute Gasteiger partial charge is 0.469 e. The minimum atomic E-state index is -4.65. The summed E-state index contributed by atoms with van der Waals surface area (Å²) in [5.74, 6) is 0. The van der Waals surface area contributed by atoms with E-state index in [1.165, 1.54) is 0 Å². The van der Waals surface area contributed by atoms with Crippen LogP contribution in [0.15, 0.2) is 0 Å². The Hall–Kier alpha value is -0.0100. The first-order chi connectivity index (χ1) is 5.69. The number of hydrogen-bond acceptors (Lipinski definition) is 5. The van der Waals surface area contributed by atoms with Crippen molar-refractivity contribution in [2.45, 2.75) is 18.6 Å². The molecule has 0 fully saturated rings. The fourth-order valence-electron chi connectivity index (χ4n) is 0.453. The number of phosphoric ester groups is 1. The minimum Gasteiger partial charge on any atom is -0.393 e. The molecule has 0 aliphatic carbocycles. The molecule has 7 nitrogen and oxygen atoms in total. The van der Waals surface area contributed by atoms with E-state index in [2.05, 4.69) is 4.52 Å². The van der Waals surface area contributed by atoms with Crippen LogP contribution in [0.3, 0.4) is 0 Å². The van der Waals surface area contributed by atoms with E-state index in [0.29, 0.717) is 0 Å². The van der Waals surface area contributed by atoms with Gasteiger partial charge in [0.1, 0.15) is 11.7 Å². The second-order valence-electron chi connectivity index (χ2n) is 2.82. The van der Waals surface area contributed by atoms with Crippen molar-refractivity contribution in [2.24, 2.45) is 0 Å². The third-order valence-electron chi connectivity index (χ3n) is 1.44.